The van der Waals surface area contributed by atoms with E-state index in [9.17, 15) is 18.0 Å². The summed E-state index contributed by atoms with van der Waals surface area (Å²) < 4.78 is 41.4. The van der Waals surface area contributed by atoms with Crippen LogP contribution in [-0.4, -0.2) is 45.7 Å². The monoisotopic (exact) mass is 493 g/mol. The van der Waals surface area contributed by atoms with Crippen molar-refractivity contribution in [2.75, 3.05) is 18.5 Å². The van der Waals surface area contributed by atoms with Gasteiger partial charge in [-0.15, -0.1) is 13.2 Å². The number of fused-ring (bicyclic) bond motifs is 2. The van der Waals surface area contributed by atoms with Crippen molar-refractivity contribution in [1.29, 1.82) is 0 Å². The van der Waals surface area contributed by atoms with Crippen molar-refractivity contribution in [2.45, 2.75) is 32.0 Å². The van der Waals surface area contributed by atoms with Gasteiger partial charge in [-0.3, -0.25) is 14.8 Å². The minimum atomic E-state index is -4.82. The fourth-order valence-electron chi connectivity index (χ4n) is 4.42. The van der Waals surface area contributed by atoms with Gasteiger partial charge < -0.3 is 9.64 Å². The number of halogens is 3. The number of benzene rings is 1. The highest BCUT2D eigenvalue weighted by molar-refractivity contribution is 5.86. The minimum Gasteiger partial charge on any atom is -0.404 e. The average Bonchev–Trinajstić information content (AvgIpc) is 3.31. The second-order valence-electron chi connectivity index (χ2n) is 8.71. The summed E-state index contributed by atoms with van der Waals surface area (Å²) in [5, 5.41) is 2.05. The number of alkyl halides is 3. The van der Waals surface area contributed by atoms with E-state index in [1.165, 1.54) is 12.3 Å². The van der Waals surface area contributed by atoms with Gasteiger partial charge in [0.25, 0.3) is 0 Å². The van der Waals surface area contributed by atoms with E-state index < -0.39 is 12.1 Å². The number of carbonyl (C=O) groups excluding carboxylic acids is 1. The van der Waals surface area contributed by atoms with Crippen LogP contribution in [0.1, 0.15) is 23.2 Å². The Bertz CT molecular complexity index is 1440. The molecule has 0 radical (unpaired) electrons. The smallest absolute Gasteiger partial charge is 0.404 e. The predicted octanol–water partition coefficient (Wildman–Crippen LogP) is 4.72. The summed E-state index contributed by atoms with van der Waals surface area (Å²) in [6.07, 6.45) is 1.78. The molecule has 4 aromatic rings. The zero-order chi connectivity index (χ0) is 25.3. The Kier molecular flexibility index (Phi) is 6.26. The molecule has 3 aromatic heterocycles. The van der Waals surface area contributed by atoms with Crippen molar-refractivity contribution in [2.24, 2.45) is 0 Å². The first-order valence-electron chi connectivity index (χ1n) is 11.4. The van der Waals surface area contributed by atoms with Crippen molar-refractivity contribution in [1.82, 2.24) is 19.9 Å². The third kappa shape index (κ3) is 5.27. The summed E-state index contributed by atoms with van der Waals surface area (Å²) in [4.78, 5) is 32.4. The van der Waals surface area contributed by atoms with Gasteiger partial charge in [-0.25, -0.2) is 9.97 Å². The molecule has 0 amide bonds. The van der Waals surface area contributed by atoms with Gasteiger partial charge in [-0.2, -0.15) is 0 Å². The van der Waals surface area contributed by atoms with Crippen LogP contribution in [0, 0.1) is 0 Å². The Hall–Kier alpha value is -4.08. The molecule has 1 aliphatic rings. The third-order valence-electron chi connectivity index (χ3n) is 5.95. The number of ether oxygens (including phenoxy) is 1. The maximum atomic E-state index is 12.8. The molecule has 0 atom stereocenters. The van der Waals surface area contributed by atoms with Gasteiger partial charge in [0.1, 0.15) is 17.3 Å². The highest BCUT2D eigenvalue weighted by atomic mass is 19.4. The molecule has 0 saturated carbocycles. The standard InChI is InChI=1S/C26H22F3N5O2/c1-34(15-19(35)9-16-10-20(14-30-12-16)36-26(27,28)29)25-21-7-4-8-22(21)32-24(33-25)23-11-17-5-2-3-6-18(17)13-31-23/h2-3,5-6,10-14H,4,7-9,15H2,1H3. The Morgan fingerprint density at radius 2 is 1.86 bits per heavy atom. The van der Waals surface area contributed by atoms with Crippen LogP contribution in [0.4, 0.5) is 19.0 Å². The number of carbonyl (C=O) groups is 1. The van der Waals surface area contributed by atoms with Crippen LogP contribution in [0.5, 0.6) is 5.75 Å². The summed E-state index contributed by atoms with van der Waals surface area (Å²) in [6, 6.07) is 11.0. The molecule has 5 rings (SSSR count). The number of likely N-dealkylation sites (N-methyl/N-ethyl adjacent to an activating group) is 1. The van der Waals surface area contributed by atoms with E-state index in [-0.39, 0.29) is 18.7 Å². The van der Waals surface area contributed by atoms with Gasteiger partial charge in [-0.1, -0.05) is 24.3 Å². The number of pyridine rings is 2. The number of hydrogen-bond acceptors (Lipinski definition) is 7. The van der Waals surface area contributed by atoms with Crippen LogP contribution in [0.15, 0.2) is 55.0 Å². The van der Waals surface area contributed by atoms with E-state index in [1.807, 2.05) is 30.3 Å². The van der Waals surface area contributed by atoms with E-state index in [0.717, 1.165) is 47.5 Å². The van der Waals surface area contributed by atoms with Crippen LogP contribution in [0.2, 0.25) is 0 Å². The first-order valence-corrected chi connectivity index (χ1v) is 11.4. The molecule has 0 bridgehead atoms. The number of aromatic nitrogens is 4. The predicted molar refractivity (Wildman–Crippen MR) is 128 cm³/mol. The highest BCUT2D eigenvalue weighted by Crippen LogP contribution is 2.31. The van der Waals surface area contributed by atoms with Gasteiger partial charge in [-0.05, 0) is 42.3 Å². The quantitative estimate of drug-likeness (QED) is 0.368. The number of aryl methyl sites for hydroxylation is 1. The third-order valence-corrected chi connectivity index (χ3v) is 5.95. The van der Waals surface area contributed by atoms with Crippen molar-refractivity contribution in [3.8, 4) is 17.3 Å². The fourth-order valence-corrected chi connectivity index (χ4v) is 4.42. The van der Waals surface area contributed by atoms with Crippen LogP contribution in [0.25, 0.3) is 22.3 Å². The summed E-state index contributed by atoms with van der Waals surface area (Å²) in [5.74, 6) is 0.515. The molecule has 10 heteroatoms. The summed E-state index contributed by atoms with van der Waals surface area (Å²) in [7, 11) is 1.78. The summed E-state index contributed by atoms with van der Waals surface area (Å²) in [6.45, 7) is 0.0262. The molecule has 184 valence electrons. The number of hydrogen-bond donors (Lipinski definition) is 0. The first-order chi connectivity index (χ1) is 17.2. The van der Waals surface area contributed by atoms with Crippen molar-refractivity contribution >= 4 is 22.4 Å². The lowest BCUT2D eigenvalue weighted by Gasteiger charge is -2.21. The second-order valence-corrected chi connectivity index (χ2v) is 8.71. The largest absolute Gasteiger partial charge is 0.573 e. The molecule has 0 N–H and O–H groups in total. The van der Waals surface area contributed by atoms with Crippen LogP contribution < -0.4 is 9.64 Å². The summed E-state index contributed by atoms with van der Waals surface area (Å²) >= 11 is 0. The molecule has 0 saturated heterocycles. The number of Topliss-reactive ketones (excluding diaryl/α,β-unsaturated/α-hetero) is 1. The van der Waals surface area contributed by atoms with Crippen LogP contribution >= 0.6 is 0 Å². The summed E-state index contributed by atoms with van der Waals surface area (Å²) in [5.41, 5.74) is 2.95. The molecular weight excluding hydrogens is 471 g/mol. The molecule has 0 unspecified atom stereocenters. The van der Waals surface area contributed by atoms with Crippen molar-refractivity contribution in [3.05, 3.63) is 71.8 Å². The maximum Gasteiger partial charge on any atom is 0.573 e. The Morgan fingerprint density at radius 1 is 1.06 bits per heavy atom. The SMILES string of the molecule is CN(CC(=O)Cc1cncc(OC(F)(F)F)c1)c1nc(-c2cc3ccccc3cn2)nc2c1CCC2. The molecule has 0 aliphatic heterocycles. The van der Waals surface area contributed by atoms with Gasteiger partial charge >= 0.3 is 6.36 Å². The minimum absolute atomic E-state index is 0.0262. The normalized spacial score (nSPS) is 13.0. The molecule has 7 nitrogen and oxygen atoms in total. The number of nitrogens with zero attached hydrogens (tertiary/aromatic N) is 5. The van der Waals surface area contributed by atoms with E-state index in [1.54, 1.807) is 18.1 Å². The van der Waals surface area contributed by atoms with Gasteiger partial charge in [0, 0.05) is 42.5 Å². The number of anilines is 1. The Morgan fingerprint density at radius 3 is 2.67 bits per heavy atom. The molecule has 3 heterocycles. The van der Waals surface area contributed by atoms with Gasteiger partial charge in [0.05, 0.1) is 12.7 Å². The van der Waals surface area contributed by atoms with E-state index in [4.69, 9.17) is 9.97 Å². The first kappa shape index (κ1) is 23.7. The van der Waals surface area contributed by atoms with Crippen LogP contribution in [0.3, 0.4) is 0 Å². The van der Waals surface area contributed by atoms with E-state index in [2.05, 4.69) is 14.7 Å². The number of rotatable bonds is 7. The highest BCUT2D eigenvalue weighted by Gasteiger charge is 2.31. The lowest BCUT2D eigenvalue weighted by molar-refractivity contribution is -0.274. The molecular formula is C26H22F3N5O2. The molecule has 0 spiro atoms. The van der Waals surface area contributed by atoms with Gasteiger partial charge in [0.2, 0.25) is 0 Å². The second kappa shape index (κ2) is 9.52. The Labute approximate surface area is 205 Å². The lowest BCUT2D eigenvalue weighted by Crippen LogP contribution is -2.29. The molecule has 0 fully saturated rings. The maximum absolute atomic E-state index is 12.8. The lowest BCUT2D eigenvalue weighted by atomic mass is 10.1. The molecule has 1 aliphatic carbocycles. The zero-order valence-corrected chi connectivity index (χ0v) is 19.4. The van der Waals surface area contributed by atoms with Gasteiger partial charge in [0.15, 0.2) is 11.6 Å². The topological polar surface area (TPSA) is 81.1 Å². The Balaban J connectivity index is 1.37. The van der Waals surface area contributed by atoms with E-state index in [0.29, 0.717) is 22.9 Å². The average molecular weight is 493 g/mol. The van der Waals surface area contributed by atoms with E-state index >= 15 is 0 Å². The van der Waals surface area contributed by atoms with Crippen molar-refractivity contribution < 1.29 is 22.7 Å². The van der Waals surface area contributed by atoms with Crippen LogP contribution in [-0.2, 0) is 24.1 Å². The van der Waals surface area contributed by atoms with Crippen molar-refractivity contribution in [3.63, 3.8) is 0 Å². The zero-order valence-electron chi connectivity index (χ0n) is 19.4. The number of ketones is 1. The molecule has 1 aromatic carbocycles. The fraction of sp³-hybridized carbons (Fsp3) is 0.269. The molecule has 36 heavy (non-hydrogen) atoms.